The van der Waals surface area contributed by atoms with Crippen molar-refractivity contribution in [3.8, 4) is 5.75 Å². The summed E-state index contributed by atoms with van der Waals surface area (Å²) in [5.74, 6) is -0.929. The van der Waals surface area contributed by atoms with E-state index in [-0.39, 0.29) is 6.42 Å². The first-order valence-corrected chi connectivity index (χ1v) is 6.11. The zero-order valence-corrected chi connectivity index (χ0v) is 11.0. The molecule has 0 saturated carbocycles. The molecule has 1 rings (SSSR count). The van der Waals surface area contributed by atoms with Gasteiger partial charge in [0.25, 0.3) is 0 Å². The van der Waals surface area contributed by atoms with E-state index in [0.717, 1.165) is 16.9 Å². The van der Waals surface area contributed by atoms with Crippen LogP contribution in [-0.2, 0) is 4.79 Å². The van der Waals surface area contributed by atoms with Crippen LogP contribution >= 0.6 is 0 Å². The number of carbonyl (C=O) groups excluding carboxylic acids is 1. The van der Waals surface area contributed by atoms with Gasteiger partial charge < -0.3 is 4.74 Å². The fourth-order valence-corrected chi connectivity index (χ4v) is 1.57. The van der Waals surface area contributed by atoms with E-state index < -0.39 is 18.4 Å². The molecule has 5 heteroatoms. The predicted octanol–water partition coefficient (Wildman–Crippen LogP) is 3.98. The fraction of sp³-hybridized carbons (Fsp3) is 0.500. The maximum Gasteiger partial charge on any atom is 0.449 e. The zero-order valence-electron chi connectivity index (χ0n) is 11.0. The zero-order chi connectivity index (χ0) is 14.5. The number of ketones is 1. The average molecular weight is 274 g/mol. The second kappa shape index (κ2) is 6.59. The van der Waals surface area contributed by atoms with Gasteiger partial charge in [-0.25, -0.2) is 0 Å². The van der Waals surface area contributed by atoms with Crippen molar-refractivity contribution in [2.75, 3.05) is 6.61 Å². The van der Waals surface area contributed by atoms with Gasteiger partial charge in [0.2, 0.25) is 5.78 Å². The van der Waals surface area contributed by atoms with Gasteiger partial charge in [0.15, 0.2) is 0 Å². The highest BCUT2D eigenvalue weighted by molar-refractivity contribution is 5.83. The molecule has 0 saturated heterocycles. The second-order valence-electron chi connectivity index (χ2n) is 4.50. The van der Waals surface area contributed by atoms with Crippen LogP contribution in [0.15, 0.2) is 18.2 Å². The highest BCUT2D eigenvalue weighted by Gasteiger charge is 2.37. The molecule has 0 aliphatic rings. The van der Waals surface area contributed by atoms with E-state index in [1.54, 1.807) is 0 Å². The Morgan fingerprint density at radius 1 is 1.21 bits per heavy atom. The van der Waals surface area contributed by atoms with Crippen molar-refractivity contribution < 1.29 is 22.7 Å². The number of rotatable bonds is 6. The summed E-state index contributed by atoms with van der Waals surface area (Å²) in [6.07, 6.45) is -4.58. The maximum absolute atomic E-state index is 11.9. The van der Waals surface area contributed by atoms with Crippen LogP contribution in [0, 0.1) is 13.8 Å². The summed E-state index contributed by atoms with van der Waals surface area (Å²) in [5, 5.41) is 0. The number of aryl methyl sites for hydroxylation is 2. The van der Waals surface area contributed by atoms with Crippen molar-refractivity contribution in [1.82, 2.24) is 0 Å². The Morgan fingerprint density at radius 2 is 1.89 bits per heavy atom. The molecule has 0 aliphatic carbocycles. The Morgan fingerprint density at radius 3 is 2.53 bits per heavy atom. The first-order chi connectivity index (χ1) is 8.80. The molecule has 0 aromatic heterocycles. The lowest BCUT2D eigenvalue weighted by atomic mass is 10.1. The molecule has 0 bridgehead atoms. The highest BCUT2D eigenvalue weighted by atomic mass is 19.4. The van der Waals surface area contributed by atoms with Gasteiger partial charge in [-0.2, -0.15) is 13.2 Å². The van der Waals surface area contributed by atoms with Crippen molar-refractivity contribution >= 4 is 5.78 Å². The quantitative estimate of drug-likeness (QED) is 0.733. The largest absolute Gasteiger partial charge is 0.493 e. The van der Waals surface area contributed by atoms with Crippen LogP contribution in [-0.4, -0.2) is 18.6 Å². The molecule has 1 aromatic carbocycles. The summed E-state index contributed by atoms with van der Waals surface area (Å²) in [6, 6.07) is 5.78. The maximum atomic E-state index is 11.9. The molecule has 0 fully saturated rings. The van der Waals surface area contributed by atoms with Crippen molar-refractivity contribution in [3.05, 3.63) is 29.3 Å². The number of Topliss-reactive ketones (excluding diaryl/α,β-unsaturated/α-hetero) is 1. The summed E-state index contributed by atoms with van der Waals surface area (Å²) in [6.45, 7) is 4.16. The standard InChI is InChI=1S/C14H17F3O2/c1-10-6-7-11(2)12(9-10)19-8-4-3-5-13(18)14(15,16)17/h6-7,9H,3-5,8H2,1-2H3. The van der Waals surface area contributed by atoms with E-state index in [0.29, 0.717) is 13.0 Å². The van der Waals surface area contributed by atoms with E-state index in [9.17, 15) is 18.0 Å². The Hall–Kier alpha value is -1.52. The molecule has 0 unspecified atom stereocenters. The summed E-state index contributed by atoms with van der Waals surface area (Å²) < 4.78 is 41.3. The van der Waals surface area contributed by atoms with E-state index in [4.69, 9.17) is 4.74 Å². The molecule has 0 aliphatic heterocycles. The first-order valence-electron chi connectivity index (χ1n) is 6.11. The number of hydrogen-bond donors (Lipinski definition) is 0. The lowest BCUT2D eigenvalue weighted by Crippen LogP contribution is -2.22. The number of benzene rings is 1. The van der Waals surface area contributed by atoms with Crippen LogP contribution in [0.4, 0.5) is 13.2 Å². The molecule has 0 heterocycles. The molecule has 0 amide bonds. The van der Waals surface area contributed by atoms with Gasteiger partial charge in [0.05, 0.1) is 6.61 Å². The van der Waals surface area contributed by atoms with Crippen LogP contribution in [0.2, 0.25) is 0 Å². The van der Waals surface area contributed by atoms with Crippen molar-refractivity contribution in [2.45, 2.75) is 39.3 Å². The molecular formula is C14H17F3O2. The van der Waals surface area contributed by atoms with Crippen molar-refractivity contribution in [3.63, 3.8) is 0 Å². The second-order valence-corrected chi connectivity index (χ2v) is 4.50. The van der Waals surface area contributed by atoms with Crippen LogP contribution in [0.3, 0.4) is 0 Å². The van der Waals surface area contributed by atoms with E-state index in [1.807, 2.05) is 32.0 Å². The molecular weight excluding hydrogens is 257 g/mol. The third-order valence-electron chi connectivity index (χ3n) is 2.72. The molecule has 0 radical (unpaired) electrons. The minimum atomic E-state index is -4.71. The molecule has 1 aromatic rings. The molecule has 2 nitrogen and oxygen atoms in total. The first kappa shape index (κ1) is 15.5. The van der Waals surface area contributed by atoms with Gasteiger partial charge in [-0.05, 0) is 43.9 Å². The SMILES string of the molecule is Cc1ccc(C)c(OCCCCC(=O)C(F)(F)F)c1. The molecule has 19 heavy (non-hydrogen) atoms. The Labute approximate surface area is 110 Å². The summed E-state index contributed by atoms with van der Waals surface area (Å²) in [7, 11) is 0. The monoisotopic (exact) mass is 274 g/mol. The minimum absolute atomic E-state index is 0.184. The minimum Gasteiger partial charge on any atom is -0.493 e. The fourth-order valence-electron chi connectivity index (χ4n) is 1.57. The lowest BCUT2D eigenvalue weighted by Gasteiger charge is -2.10. The predicted molar refractivity (Wildman–Crippen MR) is 66.3 cm³/mol. The summed E-state index contributed by atoms with van der Waals surface area (Å²) >= 11 is 0. The topological polar surface area (TPSA) is 26.3 Å². The van der Waals surface area contributed by atoms with Gasteiger partial charge in [0, 0.05) is 6.42 Å². The number of halogens is 3. The number of carbonyl (C=O) groups is 1. The molecule has 106 valence electrons. The summed E-state index contributed by atoms with van der Waals surface area (Å²) in [5.41, 5.74) is 2.05. The van der Waals surface area contributed by atoms with E-state index in [1.165, 1.54) is 0 Å². The summed E-state index contributed by atoms with van der Waals surface area (Å²) in [4.78, 5) is 10.6. The van der Waals surface area contributed by atoms with Gasteiger partial charge >= 0.3 is 6.18 Å². The number of ether oxygens (including phenoxy) is 1. The van der Waals surface area contributed by atoms with Crippen LogP contribution in [0.5, 0.6) is 5.75 Å². The number of unbranched alkanes of at least 4 members (excludes halogenated alkanes) is 1. The van der Waals surface area contributed by atoms with Gasteiger partial charge in [-0.3, -0.25) is 4.79 Å². The van der Waals surface area contributed by atoms with Crippen molar-refractivity contribution in [2.24, 2.45) is 0 Å². The van der Waals surface area contributed by atoms with E-state index in [2.05, 4.69) is 0 Å². The molecule has 0 spiro atoms. The third kappa shape index (κ3) is 5.32. The van der Waals surface area contributed by atoms with E-state index >= 15 is 0 Å². The third-order valence-corrected chi connectivity index (χ3v) is 2.72. The van der Waals surface area contributed by atoms with Crippen LogP contribution in [0.25, 0.3) is 0 Å². The average Bonchev–Trinajstić information content (AvgIpc) is 2.31. The smallest absolute Gasteiger partial charge is 0.449 e. The molecule has 0 atom stereocenters. The highest BCUT2D eigenvalue weighted by Crippen LogP contribution is 2.21. The Kier molecular flexibility index (Phi) is 5.39. The molecule has 0 N–H and O–H groups in total. The Balaban J connectivity index is 2.28. The van der Waals surface area contributed by atoms with Crippen molar-refractivity contribution in [1.29, 1.82) is 0 Å². The number of hydrogen-bond acceptors (Lipinski definition) is 2. The van der Waals surface area contributed by atoms with Gasteiger partial charge in [-0.1, -0.05) is 12.1 Å². The Bertz CT molecular complexity index is 439. The van der Waals surface area contributed by atoms with Crippen LogP contribution in [0.1, 0.15) is 30.4 Å². The van der Waals surface area contributed by atoms with Crippen LogP contribution < -0.4 is 4.74 Å². The van der Waals surface area contributed by atoms with Gasteiger partial charge in [0.1, 0.15) is 5.75 Å². The lowest BCUT2D eigenvalue weighted by molar-refractivity contribution is -0.171. The number of alkyl halides is 3. The normalized spacial score (nSPS) is 11.4. The van der Waals surface area contributed by atoms with Gasteiger partial charge in [-0.15, -0.1) is 0 Å².